The largest absolute Gasteiger partial charge is 0.508 e. The number of phenols is 1. The Hall–Kier alpha value is -2.57. The molecule has 0 aliphatic carbocycles. The van der Waals surface area contributed by atoms with Gasteiger partial charge < -0.3 is 25.0 Å². The number of phenolic OH excluding ortho intramolecular Hbond substituents is 1. The standard InChI is InChI=1S/C26H35N3O3/c1-27-23(22-5-3-4-6-24(22)30)11-15-28-16-12-26(13-17-28)14-18-29(25(26)31)19-20-7-9-21(32-2)10-8-20/h3-10,23,27,30H,11-19H2,1-2H3. The van der Waals surface area contributed by atoms with E-state index in [0.29, 0.717) is 18.2 Å². The summed E-state index contributed by atoms with van der Waals surface area (Å²) in [6.45, 7) is 4.40. The van der Waals surface area contributed by atoms with Crippen LogP contribution in [0.25, 0.3) is 0 Å². The maximum atomic E-state index is 13.3. The van der Waals surface area contributed by atoms with Crippen LogP contribution in [0, 0.1) is 5.41 Å². The molecular formula is C26H35N3O3. The fraction of sp³-hybridized carbons (Fsp3) is 0.500. The highest BCUT2D eigenvalue weighted by atomic mass is 16.5. The average Bonchev–Trinajstić information content (AvgIpc) is 3.12. The van der Waals surface area contributed by atoms with Crippen LogP contribution in [0.5, 0.6) is 11.5 Å². The van der Waals surface area contributed by atoms with Crippen molar-refractivity contribution in [3.63, 3.8) is 0 Å². The molecule has 2 heterocycles. The summed E-state index contributed by atoms with van der Waals surface area (Å²) in [4.78, 5) is 17.8. The fourth-order valence-electron chi connectivity index (χ4n) is 5.21. The number of nitrogens with one attached hydrogen (secondary N) is 1. The summed E-state index contributed by atoms with van der Waals surface area (Å²) in [6, 6.07) is 15.7. The Morgan fingerprint density at radius 1 is 1.06 bits per heavy atom. The minimum absolute atomic E-state index is 0.125. The van der Waals surface area contributed by atoms with E-state index in [1.54, 1.807) is 13.2 Å². The molecule has 4 rings (SSSR count). The number of piperidine rings is 1. The maximum Gasteiger partial charge on any atom is 0.229 e. The van der Waals surface area contributed by atoms with Crippen LogP contribution in [-0.2, 0) is 11.3 Å². The van der Waals surface area contributed by atoms with Crippen molar-refractivity contribution in [3.05, 3.63) is 59.7 Å². The predicted octanol–water partition coefficient (Wildman–Crippen LogP) is 3.57. The number of methoxy groups -OCH3 is 1. The number of hydrogen-bond donors (Lipinski definition) is 2. The second-order valence-electron chi connectivity index (χ2n) is 9.14. The number of rotatable bonds is 8. The third-order valence-corrected chi connectivity index (χ3v) is 7.34. The van der Waals surface area contributed by atoms with E-state index in [1.807, 2.05) is 54.4 Å². The number of ether oxygens (including phenoxy) is 1. The summed E-state index contributed by atoms with van der Waals surface area (Å²) in [5.41, 5.74) is 1.92. The van der Waals surface area contributed by atoms with Crippen molar-refractivity contribution in [1.29, 1.82) is 0 Å². The first-order valence-corrected chi connectivity index (χ1v) is 11.6. The number of likely N-dealkylation sites (tertiary alicyclic amines) is 2. The number of carbonyl (C=O) groups is 1. The molecule has 2 aliphatic rings. The second kappa shape index (κ2) is 9.92. The lowest BCUT2D eigenvalue weighted by Crippen LogP contribution is -2.45. The van der Waals surface area contributed by atoms with Gasteiger partial charge in [0.2, 0.25) is 5.91 Å². The lowest BCUT2D eigenvalue weighted by Gasteiger charge is -2.38. The van der Waals surface area contributed by atoms with Crippen LogP contribution in [0.3, 0.4) is 0 Å². The van der Waals surface area contributed by atoms with Crippen molar-refractivity contribution < 1.29 is 14.6 Å². The Balaban J connectivity index is 1.29. The number of carbonyl (C=O) groups excluding carboxylic acids is 1. The molecule has 1 unspecified atom stereocenters. The highest BCUT2D eigenvalue weighted by Gasteiger charge is 2.47. The number of hydrogen-bond acceptors (Lipinski definition) is 5. The Morgan fingerprint density at radius 3 is 2.41 bits per heavy atom. The van der Waals surface area contributed by atoms with Crippen LogP contribution < -0.4 is 10.1 Å². The van der Waals surface area contributed by atoms with Gasteiger partial charge in [-0.15, -0.1) is 0 Å². The van der Waals surface area contributed by atoms with Crippen LogP contribution in [0.2, 0.25) is 0 Å². The summed E-state index contributed by atoms with van der Waals surface area (Å²) in [5.74, 6) is 1.52. The maximum absolute atomic E-state index is 13.3. The second-order valence-corrected chi connectivity index (χ2v) is 9.14. The molecule has 0 saturated carbocycles. The van der Waals surface area contributed by atoms with Crippen LogP contribution in [0.1, 0.15) is 42.9 Å². The van der Waals surface area contributed by atoms with E-state index < -0.39 is 0 Å². The van der Waals surface area contributed by atoms with Crippen LogP contribution in [0.4, 0.5) is 0 Å². The lowest BCUT2D eigenvalue weighted by molar-refractivity contribution is -0.138. The monoisotopic (exact) mass is 437 g/mol. The van der Waals surface area contributed by atoms with E-state index in [4.69, 9.17) is 4.74 Å². The molecule has 1 spiro atoms. The number of nitrogens with zero attached hydrogens (tertiary/aromatic N) is 2. The topological polar surface area (TPSA) is 65.0 Å². The number of aromatic hydroxyl groups is 1. The Kier molecular flexibility index (Phi) is 7.01. The van der Waals surface area contributed by atoms with E-state index in [9.17, 15) is 9.90 Å². The number of benzene rings is 2. The van der Waals surface area contributed by atoms with E-state index in [1.165, 1.54) is 0 Å². The zero-order valence-corrected chi connectivity index (χ0v) is 19.2. The summed E-state index contributed by atoms with van der Waals surface area (Å²) in [6.07, 6.45) is 3.77. The summed E-state index contributed by atoms with van der Waals surface area (Å²) in [5, 5.41) is 13.5. The molecular weight excluding hydrogens is 402 g/mol. The summed E-state index contributed by atoms with van der Waals surface area (Å²) in [7, 11) is 3.61. The molecule has 0 bridgehead atoms. The molecule has 2 aromatic carbocycles. The SMILES string of the molecule is CNC(CCN1CCC2(CC1)CCN(Cc1ccc(OC)cc1)C2=O)c1ccccc1O. The van der Waals surface area contributed by atoms with E-state index in [2.05, 4.69) is 10.2 Å². The smallest absolute Gasteiger partial charge is 0.229 e. The van der Waals surface area contributed by atoms with E-state index in [0.717, 1.165) is 68.7 Å². The molecule has 2 fully saturated rings. The van der Waals surface area contributed by atoms with Crippen molar-refractivity contribution >= 4 is 5.91 Å². The minimum atomic E-state index is -0.178. The van der Waals surface area contributed by atoms with Gasteiger partial charge in [-0.1, -0.05) is 30.3 Å². The van der Waals surface area contributed by atoms with Crippen LogP contribution in [-0.4, -0.2) is 61.2 Å². The van der Waals surface area contributed by atoms with Gasteiger partial charge in [0.15, 0.2) is 0 Å². The predicted molar refractivity (Wildman–Crippen MR) is 126 cm³/mol. The highest BCUT2D eigenvalue weighted by molar-refractivity contribution is 5.85. The zero-order chi connectivity index (χ0) is 22.6. The van der Waals surface area contributed by atoms with Gasteiger partial charge in [0.25, 0.3) is 0 Å². The van der Waals surface area contributed by atoms with Gasteiger partial charge in [-0.2, -0.15) is 0 Å². The van der Waals surface area contributed by atoms with E-state index >= 15 is 0 Å². The normalized spacial score (nSPS) is 19.4. The Bertz CT molecular complexity index is 907. The third kappa shape index (κ3) is 4.76. The summed E-state index contributed by atoms with van der Waals surface area (Å²) < 4.78 is 5.23. The highest BCUT2D eigenvalue weighted by Crippen LogP contribution is 2.42. The first kappa shape index (κ1) is 22.6. The van der Waals surface area contributed by atoms with Gasteiger partial charge in [-0.3, -0.25) is 4.79 Å². The van der Waals surface area contributed by atoms with Gasteiger partial charge in [0.1, 0.15) is 11.5 Å². The van der Waals surface area contributed by atoms with Crippen LogP contribution in [0.15, 0.2) is 48.5 Å². The number of amides is 1. The molecule has 2 aromatic rings. The molecule has 6 nitrogen and oxygen atoms in total. The molecule has 2 N–H and O–H groups in total. The molecule has 0 radical (unpaired) electrons. The molecule has 1 atom stereocenters. The van der Waals surface area contributed by atoms with Crippen molar-refractivity contribution in [1.82, 2.24) is 15.1 Å². The zero-order valence-electron chi connectivity index (χ0n) is 19.2. The van der Waals surface area contributed by atoms with Crippen molar-refractivity contribution in [2.24, 2.45) is 5.41 Å². The van der Waals surface area contributed by atoms with Gasteiger partial charge in [-0.25, -0.2) is 0 Å². The van der Waals surface area contributed by atoms with Crippen molar-refractivity contribution in [2.75, 3.05) is 40.3 Å². The molecule has 6 heteroatoms. The van der Waals surface area contributed by atoms with E-state index in [-0.39, 0.29) is 11.5 Å². The quantitative estimate of drug-likeness (QED) is 0.661. The molecule has 2 saturated heterocycles. The number of para-hydroxylation sites is 1. The lowest BCUT2D eigenvalue weighted by atomic mass is 9.77. The Labute approximate surface area is 191 Å². The fourth-order valence-corrected chi connectivity index (χ4v) is 5.21. The third-order valence-electron chi connectivity index (χ3n) is 7.34. The van der Waals surface area contributed by atoms with Gasteiger partial charge in [0.05, 0.1) is 12.5 Å². The first-order chi connectivity index (χ1) is 15.5. The molecule has 172 valence electrons. The van der Waals surface area contributed by atoms with Gasteiger partial charge in [0, 0.05) is 24.7 Å². The summed E-state index contributed by atoms with van der Waals surface area (Å²) >= 11 is 0. The first-order valence-electron chi connectivity index (χ1n) is 11.6. The molecule has 1 amide bonds. The minimum Gasteiger partial charge on any atom is -0.508 e. The van der Waals surface area contributed by atoms with Gasteiger partial charge >= 0.3 is 0 Å². The average molecular weight is 438 g/mol. The van der Waals surface area contributed by atoms with Crippen molar-refractivity contribution in [2.45, 2.75) is 38.3 Å². The van der Waals surface area contributed by atoms with Crippen molar-refractivity contribution in [3.8, 4) is 11.5 Å². The molecule has 0 aromatic heterocycles. The molecule has 2 aliphatic heterocycles. The Morgan fingerprint density at radius 2 is 1.75 bits per heavy atom. The van der Waals surface area contributed by atoms with Crippen LogP contribution >= 0.6 is 0 Å². The molecule has 32 heavy (non-hydrogen) atoms. The van der Waals surface area contributed by atoms with Gasteiger partial charge in [-0.05, 0) is 76.1 Å².